The maximum Gasteiger partial charge on any atom is 0.248 e. The number of benzene rings is 3. The molecule has 0 radical (unpaired) electrons. The van der Waals surface area contributed by atoms with Crippen LogP contribution in [0, 0.1) is 13.8 Å². The van der Waals surface area contributed by atoms with E-state index in [0.29, 0.717) is 33.1 Å². The molecule has 1 amide bonds. The molecule has 0 spiro atoms. The molecule has 3 aromatic carbocycles. The first-order chi connectivity index (χ1) is 16.8. The van der Waals surface area contributed by atoms with E-state index in [1.165, 1.54) is 6.08 Å². The van der Waals surface area contributed by atoms with Gasteiger partial charge in [-0.05, 0) is 91.7 Å². The number of hydrogen-bond acceptors (Lipinski definition) is 4. The second-order valence-electron chi connectivity index (χ2n) is 8.19. The summed E-state index contributed by atoms with van der Waals surface area (Å²) in [5.74, 6) is 1.33. The van der Waals surface area contributed by atoms with E-state index in [1.54, 1.807) is 42.5 Å². The maximum absolute atomic E-state index is 12.5. The van der Waals surface area contributed by atoms with Crippen molar-refractivity contribution in [1.82, 2.24) is 4.98 Å². The van der Waals surface area contributed by atoms with Crippen molar-refractivity contribution in [3.8, 4) is 22.8 Å². The number of fused-ring (bicyclic) bond motifs is 1. The van der Waals surface area contributed by atoms with Gasteiger partial charge in [0.15, 0.2) is 5.58 Å². The molecule has 174 valence electrons. The van der Waals surface area contributed by atoms with Crippen LogP contribution in [0.3, 0.4) is 0 Å². The molecule has 0 atom stereocenters. The third-order valence-electron chi connectivity index (χ3n) is 5.55. The Morgan fingerprint density at radius 2 is 1.66 bits per heavy atom. The summed E-state index contributed by atoms with van der Waals surface area (Å²) in [6, 6.07) is 20.1. The summed E-state index contributed by atoms with van der Waals surface area (Å²) in [5.41, 5.74) is 6.00. The van der Waals surface area contributed by atoms with Crippen molar-refractivity contribution >= 4 is 52.0 Å². The summed E-state index contributed by atoms with van der Waals surface area (Å²) in [4.78, 5) is 17.1. The molecule has 5 rings (SSSR count). The first-order valence-electron chi connectivity index (χ1n) is 10.9. The summed E-state index contributed by atoms with van der Waals surface area (Å²) in [6.45, 7) is 4.08. The average molecular weight is 503 g/mol. The van der Waals surface area contributed by atoms with Gasteiger partial charge in [0.2, 0.25) is 11.8 Å². The fourth-order valence-corrected chi connectivity index (χ4v) is 4.19. The zero-order chi connectivity index (χ0) is 24.5. The first kappa shape index (κ1) is 23.0. The van der Waals surface area contributed by atoms with Gasteiger partial charge in [0.25, 0.3) is 0 Å². The topological polar surface area (TPSA) is 68.3 Å². The lowest BCUT2D eigenvalue weighted by atomic mass is 10.1. The molecular formula is C28H20Cl2N2O3. The average Bonchev–Trinajstić information content (AvgIpc) is 3.45. The Bertz CT molecular complexity index is 1540. The lowest BCUT2D eigenvalue weighted by Gasteiger charge is -2.03. The molecule has 7 heteroatoms. The normalized spacial score (nSPS) is 11.4. The lowest BCUT2D eigenvalue weighted by Crippen LogP contribution is -2.07. The number of nitrogens with one attached hydrogen (secondary N) is 1. The largest absolute Gasteiger partial charge is 0.457 e. The standard InChI is InChI=1S/C28H20Cl2N2O3/c1-16-10-24-26(11-17(16)2)35-28(32-24)18-4-3-5-22(14-18)31-27(33)9-7-23-6-8-25(34-23)19-12-20(29)15-21(30)13-19/h3-15H,1-2H3,(H,31,33)/b9-7+. The number of aromatic nitrogens is 1. The predicted octanol–water partition coefficient (Wildman–Crippen LogP) is 8.33. The van der Waals surface area contributed by atoms with Gasteiger partial charge in [0.05, 0.1) is 0 Å². The van der Waals surface area contributed by atoms with Crippen LogP contribution < -0.4 is 5.32 Å². The van der Waals surface area contributed by atoms with Gasteiger partial charge in [-0.25, -0.2) is 4.98 Å². The van der Waals surface area contributed by atoms with Crippen LogP contribution in [0.4, 0.5) is 5.69 Å². The Morgan fingerprint density at radius 3 is 2.46 bits per heavy atom. The Labute approximate surface area is 212 Å². The summed E-state index contributed by atoms with van der Waals surface area (Å²) < 4.78 is 11.7. The molecule has 0 saturated carbocycles. The third kappa shape index (κ3) is 5.16. The van der Waals surface area contributed by atoms with E-state index < -0.39 is 0 Å². The predicted molar refractivity (Wildman–Crippen MR) is 141 cm³/mol. The van der Waals surface area contributed by atoms with Crippen LogP contribution in [0.25, 0.3) is 40.0 Å². The van der Waals surface area contributed by atoms with E-state index in [1.807, 2.05) is 44.2 Å². The van der Waals surface area contributed by atoms with Gasteiger partial charge in [-0.2, -0.15) is 0 Å². The van der Waals surface area contributed by atoms with Crippen LogP contribution in [0.1, 0.15) is 16.9 Å². The third-order valence-corrected chi connectivity index (χ3v) is 5.99. The molecule has 1 N–H and O–H groups in total. The number of oxazole rings is 1. The highest BCUT2D eigenvalue weighted by atomic mass is 35.5. The number of carbonyl (C=O) groups excluding carboxylic acids is 1. The molecule has 5 nitrogen and oxygen atoms in total. The van der Waals surface area contributed by atoms with Crippen molar-refractivity contribution in [3.63, 3.8) is 0 Å². The first-order valence-corrected chi connectivity index (χ1v) is 11.6. The van der Waals surface area contributed by atoms with Crippen molar-refractivity contribution in [2.45, 2.75) is 13.8 Å². The minimum Gasteiger partial charge on any atom is -0.457 e. The van der Waals surface area contributed by atoms with Gasteiger partial charge in [0.1, 0.15) is 17.0 Å². The van der Waals surface area contributed by atoms with Crippen molar-refractivity contribution in [2.75, 3.05) is 5.32 Å². The summed E-state index contributed by atoms with van der Waals surface area (Å²) in [5, 5.41) is 3.89. The smallest absolute Gasteiger partial charge is 0.248 e. The molecule has 0 aliphatic rings. The Hall–Kier alpha value is -3.80. The monoisotopic (exact) mass is 502 g/mol. The van der Waals surface area contributed by atoms with Gasteiger partial charge >= 0.3 is 0 Å². The Kier molecular flexibility index (Phi) is 6.20. The van der Waals surface area contributed by atoms with Gasteiger partial charge < -0.3 is 14.2 Å². The SMILES string of the molecule is Cc1cc2nc(-c3cccc(NC(=O)/C=C/c4ccc(-c5cc(Cl)cc(Cl)c5)o4)c3)oc2cc1C. The van der Waals surface area contributed by atoms with Crippen LogP contribution >= 0.6 is 23.2 Å². The quantitative estimate of drug-likeness (QED) is 0.245. The van der Waals surface area contributed by atoms with Crippen LogP contribution in [-0.4, -0.2) is 10.9 Å². The number of halogens is 2. The lowest BCUT2D eigenvalue weighted by molar-refractivity contribution is -0.111. The van der Waals surface area contributed by atoms with E-state index in [9.17, 15) is 4.79 Å². The molecule has 0 unspecified atom stereocenters. The number of furan rings is 1. The number of rotatable bonds is 5. The number of amides is 1. The van der Waals surface area contributed by atoms with E-state index in [2.05, 4.69) is 10.3 Å². The van der Waals surface area contributed by atoms with Crippen molar-refractivity contribution in [2.24, 2.45) is 0 Å². The minimum absolute atomic E-state index is 0.297. The van der Waals surface area contributed by atoms with E-state index in [4.69, 9.17) is 32.0 Å². The molecule has 35 heavy (non-hydrogen) atoms. The summed E-state index contributed by atoms with van der Waals surface area (Å²) in [6.07, 6.45) is 3.01. The Morgan fingerprint density at radius 1 is 0.886 bits per heavy atom. The molecule has 0 saturated heterocycles. The van der Waals surface area contributed by atoms with Gasteiger partial charge in [-0.15, -0.1) is 0 Å². The molecular weight excluding hydrogens is 483 g/mol. The number of hydrogen-bond donors (Lipinski definition) is 1. The molecule has 0 aliphatic heterocycles. The number of nitrogens with zero attached hydrogens (tertiary/aromatic N) is 1. The number of carbonyl (C=O) groups is 1. The second kappa shape index (κ2) is 9.45. The number of anilines is 1. The molecule has 0 aliphatic carbocycles. The Balaban J connectivity index is 1.29. The molecule has 5 aromatic rings. The fraction of sp³-hybridized carbons (Fsp3) is 0.0714. The summed E-state index contributed by atoms with van der Waals surface area (Å²) in [7, 11) is 0. The van der Waals surface area contributed by atoms with Gasteiger partial charge in [0, 0.05) is 32.9 Å². The highest BCUT2D eigenvalue weighted by Gasteiger charge is 2.11. The fourth-order valence-electron chi connectivity index (χ4n) is 3.67. The van der Waals surface area contributed by atoms with E-state index in [-0.39, 0.29) is 5.91 Å². The van der Waals surface area contributed by atoms with Crippen LogP contribution in [-0.2, 0) is 4.79 Å². The van der Waals surface area contributed by atoms with E-state index >= 15 is 0 Å². The van der Waals surface area contributed by atoms with Crippen molar-refractivity contribution in [3.05, 3.63) is 99.7 Å². The van der Waals surface area contributed by atoms with Gasteiger partial charge in [-0.3, -0.25) is 4.79 Å². The van der Waals surface area contributed by atoms with Crippen LogP contribution in [0.5, 0.6) is 0 Å². The van der Waals surface area contributed by atoms with E-state index in [0.717, 1.165) is 33.4 Å². The number of aryl methyl sites for hydroxylation is 2. The molecule has 2 aromatic heterocycles. The minimum atomic E-state index is -0.297. The van der Waals surface area contributed by atoms with Crippen LogP contribution in [0.2, 0.25) is 10.0 Å². The zero-order valence-electron chi connectivity index (χ0n) is 18.9. The van der Waals surface area contributed by atoms with Crippen molar-refractivity contribution in [1.29, 1.82) is 0 Å². The van der Waals surface area contributed by atoms with Gasteiger partial charge in [-0.1, -0.05) is 29.3 Å². The molecule has 0 bridgehead atoms. The molecule has 0 fully saturated rings. The summed E-state index contributed by atoms with van der Waals surface area (Å²) >= 11 is 12.1. The highest BCUT2D eigenvalue weighted by molar-refractivity contribution is 6.35. The zero-order valence-corrected chi connectivity index (χ0v) is 20.4. The van der Waals surface area contributed by atoms with Crippen LogP contribution in [0.15, 0.2) is 81.6 Å². The highest BCUT2D eigenvalue weighted by Crippen LogP contribution is 2.30. The second-order valence-corrected chi connectivity index (χ2v) is 9.06. The van der Waals surface area contributed by atoms with Crippen molar-refractivity contribution < 1.29 is 13.6 Å². The maximum atomic E-state index is 12.5. The molecule has 2 heterocycles.